The van der Waals surface area contributed by atoms with E-state index in [2.05, 4.69) is 22.8 Å². The van der Waals surface area contributed by atoms with Gasteiger partial charge in [0.05, 0.1) is 10.6 Å². The first-order valence-corrected chi connectivity index (χ1v) is 8.12. The Morgan fingerprint density at radius 2 is 1.71 bits per heavy atom. The summed E-state index contributed by atoms with van der Waals surface area (Å²) in [5, 5.41) is 5.91. The molecular formula is C17H14ClF3N2S. The van der Waals surface area contributed by atoms with Gasteiger partial charge in [-0.25, -0.2) is 0 Å². The lowest BCUT2D eigenvalue weighted by Gasteiger charge is -2.17. The number of fused-ring (bicyclic) bond motifs is 1. The lowest BCUT2D eigenvalue weighted by Crippen LogP contribution is -2.38. The number of hydrogen-bond donors (Lipinski definition) is 2. The van der Waals surface area contributed by atoms with Gasteiger partial charge in [0, 0.05) is 11.7 Å². The lowest BCUT2D eigenvalue weighted by molar-refractivity contribution is -0.137. The maximum Gasteiger partial charge on any atom is 0.417 e. The monoisotopic (exact) mass is 370 g/mol. The van der Waals surface area contributed by atoms with Crippen LogP contribution >= 0.6 is 23.8 Å². The first-order valence-electron chi connectivity index (χ1n) is 7.34. The van der Waals surface area contributed by atoms with Crippen LogP contribution in [0.15, 0.2) is 42.5 Å². The molecule has 2 aromatic rings. The largest absolute Gasteiger partial charge is 0.417 e. The summed E-state index contributed by atoms with van der Waals surface area (Å²) in [7, 11) is 0. The highest BCUT2D eigenvalue weighted by atomic mass is 35.5. The standard InChI is InChI=1S/C17H14ClF3N2S/c18-15-6-5-12(9-14(15)17(19,20)21)22-16(24)23-13-7-10-3-1-2-4-11(10)8-13/h1-6,9,13H,7-8H2,(H2,22,23,24). The molecule has 2 N–H and O–H groups in total. The highest BCUT2D eigenvalue weighted by molar-refractivity contribution is 7.80. The van der Waals surface area contributed by atoms with Gasteiger partial charge in [0.15, 0.2) is 5.11 Å². The summed E-state index contributed by atoms with van der Waals surface area (Å²) in [6, 6.07) is 11.9. The minimum absolute atomic E-state index is 0.136. The summed E-state index contributed by atoms with van der Waals surface area (Å²) >= 11 is 10.8. The van der Waals surface area contributed by atoms with Gasteiger partial charge in [-0.3, -0.25) is 0 Å². The van der Waals surface area contributed by atoms with Gasteiger partial charge in [0.25, 0.3) is 0 Å². The van der Waals surface area contributed by atoms with E-state index >= 15 is 0 Å². The van der Waals surface area contributed by atoms with E-state index in [0.29, 0.717) is 5.11 Å². The molecule has 7 heteroatoms. The summed E-state index contributed by atoms with van der Waals surface area (Å²) in [6.07, 6.45) is -2.82. The van der Waals surface area contributed by atoms with Crippen molar-refractivity contribution in [3.63, 3.8) is 0 Å². The molecule has 2 nitrogen and oxygen atoms in total. The summed E-state index contributed by atoms with van der Waals surface area (Å²) in [5.74, 6) is 0. The average molecular weight is 371 g/mol. The van der Waals surface area contributed by atoms with E-state index in [4.69, 9.17) is 23.8 Å². The Hall–Kier alpha value is -1.79. The van der Waals surface area contributed by atoms with E-state index in [1.165, 1.54) is 23.3 Å². The molecule has 0 saturated carbocycles. The topological polar surface area (TPSA) is 24.1 Å². The Kier molecular flexibility index (Phi) is 4.69. The van der Waals surface area contributed by atoms with Crippen LogP contribution in [-0.2, 0) is 19.0 Å². The molecule has 0 bridgehead atoms. The van der Waals surface area contributed by atoms with Crippen LogP contribution in [-0.4, -0.2) is 11.2 Å². The average Bonchev–Trinajstić information content (AvgIpc) is 2.90. The smallest absolute Gasteiger partial charge is 0.359 e. The van der Waals surface area contributed by atoms with Crippen LogP contribution in [0.25, 0.3) is 0 Å². The van der Waals surface area contributed by atoms with Crippen LogP contribution in [0.1, 0.15) is 16.7 Å². The number of anilines is 1. The van der Waals surface area contributed by atoms with Crippen molar-refractivity contribution in [2.24, 2.45) is 0 Å². The molecule has 0 heterocycles. The third-order valence-electron chi connectivity index (χ3n) is 3.92. The normalized spacial score (nSPS) is 14.3. The quantitative estimate of drug-likeness (QED) is 0.742. The molecule has 2 aromatic carbocycles. The van der Waals surface area contributed by atoms with Gasteiger partial charge in [-0.15, -0.1) is 0 Å². The molecule has 0 aromatic heterocycles. The maximum absolute atomic E-state index is 12.9. The van der Waals surface area contributed by atoms with Crippen LogP contribution in [0.4, 0.5) is 18.9 Å². The van der Waals surface area contributed by atoms with E-state index in [0.717, 1.165) is 18.9 Å². The van der Waals surface area contributed by atoms with Gasteiger partial charge in [-0.1, -0.05) is 35.9 Å². The summed E-state index contributed by atoms with van der Waals surface area (Å²) in [6.45, 7) is 0. The minimum atomic E-state index is -4.50. The van der Waals surface area contributed by atoms with Gasteiger partial charge in [0.2, 0.25) is 0 Å². The van der Waals surface area contributed by atoms with Crippen molar-refractivity contribution in [1.29, 1.82) is 0 Å². The fraction of sp³-hybridized carbons (Fsp3) is 0.235. The Morgan fingerprint density at radius 1 is 1.08 bits per heavy atom. The van der Waals surface area contributed by atoms with Crippen LogP contribution in [0.2, 0.25) is 5.02 Å². The molecule has 0 amide bonds. The molecule has 0 aliphatic heterocycles. The molecule has 1 aliphatic carbocycles. The van der Waals surface area contributed by atoms with Crippen LogP contribution < -0.4 is 10.6 Å². The van der Waals surface area contributed by atoms with Gasteiger partial charge in [-0.05, 0) is 54.4 Å². The molecule has 24 heavy (non-hydrogen) atoms. The van der Waals surface area contributed by atoms with E-state index in [1.54, 1.807) is 0 Å². The lowest BCUT2D eigenvalue weighted by atomic mass is 10.1. The summed E-state index contributed by atoms with van der Waals surface area (Å²) in [4.78, 5) is 0. The second-order valence-corrected chi connectivity index (χ2v) is 6.48. The first-order chi connectivity index (χ1) is 11.3. The molecule has 3 rings (SSSR count). The predicted molar refractivity (Wildman–Crippen MR) is 93.4 cm³/mol. The van der Waals surface area contributed by atoms with Crippen molar-refractivity contribution < 1.29 is 13.2 Å². The van der Waals surface area contributed by atoms with Crippen molar-refractivity contribution >= 4 is 34.6 Å². The second-order valence-electron chi connectivity index (χ2n) is 5.66. The molecule has 1 aliphatic rings. The Balaban J connectivity index is 1.64. The molecule has 0 atom stereocenters. The number of halogens is 4. The van der Waals surface area contributed by atoms with Crippen molar-refractivity contribution in [2.45, 2.75) is 25.1 Å². The molecule has 0 spiro atoms. The van der Waals surface area contributed by atoms with Gasteiger partial charge in [0.1, 0.15) is 0 Å². The highest BCUT2D eigenvalue weighted by Gasteiger charge is 2.33. The molecule has 0 radical (unpaired) electrons. The van der Waals surface area contributed by atoms with Crippen LogP contribution in [0.3, 0.4) is 0 Å². The van der Waals surface area contributed by atoms with Crippen molar-refractivity contribution in [3.8, 4) is 0 Å². The van der Waals surface area contributed by atoms with E-state index in [-0.39, 0.29) is 16.8 Å². The molecule has 126 valence electrons. The maximum atomic E-state index is 12.9. The van der Waals surface area contributed by atoms with Gasteiger partial charge in [-0.2, -0.15) is 13.2 Å². The zero-order valence-corrected chi connectivity index (χ0v) is 14.0. The summed E-state index contributed by atoms with van der Waals surface area (Å²) < 4.78 is 38.7. The van der Waals surface area contributed by atoms with E-state index < -0.39 is 11.7 Å². The molecular weight excluding hydrogens is 357 g/mol. The van der Waals surface area contributed by atoms with Crippen LogP contribution in [0, 0.1) is 0 Å². The number of alkyl halides is 3. The number of benzene rings is 2. The first kappa shape index (κ1) is 17.0. The number of nitrogens with one attached hydrogen (secondary N) is 2. The zero-order chi connectivity index (χ0) is 17.3. The number of thiocarbonyl (C=S) groups is 1. The zero-order valence-electron chi connectivity index (χ0n) is 12.5. The minimum Gasteiger partial charge on any atom is -0.359 e. The Bertz CT molecular complexity index is 752. The van der Waals surface area contributed by atoms with Gasteiger partial charge >= 0.3 is 6.18 Å². The molecule has 0 unspecified atom stereocenters. The number of rotatable bonds is 2. The molecule has 0 saturated heterocycles. The van der Waals surface area contributed by atoms with Crippen molar-refractivity contribution in [2.75, 3.05) is 5.32 Å². The van der Waals surface area contributed by atoms with Gasteiger partial charge < -0.3 is 10.6 Å². The number of hydrogen-bond acceptors (Lipinski definition) is 1. The Morgan fingerprint density at radius 3 is 2.29 bits per heavy atom. The van der Waals surface area contributed by atoms with Crippen molar-refractivity contribution in [3.05, 3.63) is 64.2 Å². The van der Waals surface area contributed by atoms with E-state index in [1.807, 2.05) is 12.1 Å². The highest BCUT2D eigenvalue weighted by Crippen LogP contribution is 2.36. The van der Waals surface area contributed by atoms with Crippen molar-refractivity contribution in [1.82, 2.24) is 5.32 Å². The predicted octanol–water partition coefficient (Wildman–Crippen LogP) is 4.81. The fourth-order valence-electron chi connectivity index (χ4n) is 2.83. The van der Waals surface area contributed by atoms with E-state index in [9.17, 15) is 13.2 Å². The second kappa shape index (κ2) is 6.61. The molecule has 0 fully saturated rings. The van der Waals surface area contributed by atoms with Crippen LogP contribution in [0.5, 0.6) is 0 Å². The Labute approximate surface area is 148 Å². The fourth-order valence-corrected chi connectivity index (χ4v) is 3.34. The SMILES string of the molecule is FC(F)(F)c1cc(NC(=S)NC2Cc3ccccc3C2)ccc1Cl. The third kappa shape index (κ3) is 3.82. The third-order valence-corrected chi connectivity index (χ3v) is 4.47. The summed E-state index contributed by atoms with van der Waals surface area (Å²) in [5.41, 5.74) is 1.90.